The maximum absolute atomic E-state index is 5.90. The first kappa shape index (κ1) is 24.2. The second-order valence-electron chi connectivity index (χ2n) is 5.71. The average Bonchev–Trinajstić information content (AvgIpc) is 2.68. The third-order valence-electron chi connectivity index (χ3n) is 3.50. The van der Waals surface area contributed by atoms with Gasteiger partial charge in [0, 0.05) is 6.61 Å². The molecule has 0 aromatic heterocycles. The molecule has 0 radical (unpaired) electrons. The van der Waals surface area contributed by atoms with Gasteiger partial charge < -0.3 is 29.4 Å². The van der Waals surface area contributed by atoms with Crippen LogP contribution >= 0.6 is 0 Å². The van der Waals surface area contributed by atoms with Gasteiger partial charge in [0.05, 0.1) is 78.2 Å². The van der Waals surface area contributed by atoms with Crippen molar-refractivity contribution in [3.8, 4) is 0 Å². The van der Waals surface area contributed by atoms with E-state index in [1.807, 2.05) is 31.2 Å². The van der Waals surface area contributed by atoms with E-state index in [0.717, 1.165) is 6.42 Å². The normalized spacial score (nSPS) is 19.0. The quantitative estimate of drug-likeness (QED) is 0.201. The van der Waals surface area contributed by atoms with E-state index in [4.69, 9.17) is 39.2 Å². The molecule has 1 aliphatic carbocycles. The molecular weight excluding hydrogens is 354 g/mol. The van der Waals surface area contributed by atoms with Gasteiger partial charge in [-0.15, -0.1) is 0 Å². The zero-order chi connectivity index (χ0) is 19.4. The SMILES string of the molecule is CCOOCCCOCCOCCOCCOCCOC1C=CC=CC1N. The predicted octanol–water partition coefficient (Wildman–Crippen LogP) is 1.25. The van der Waals surface area contributed by atoms with Crippen LogP contribution in [0.2, 0.25) is 0 Å². The fourth-order valence-corrected chi connectivity index (χ4v) is 2.14. The number of ether oxygens (including phenoxy) is 5. The molecule has 1 aliphatic rings. The minimum Gasteiger partial charge on any atom is -0.379 e. The van der Waals surface area contributed by atoms with Gasteiger partial charge in [-0.3, -0.25) is 0 Å². The fraction of sp³-hybridized carbons (Fsp3) is 0.789. The lowest BCUT2D eigenvalue weighted by atomic mass is 10.1. The number of nitrogens with two attached hydrogens (primary N) is 1. The van der Waals surface area contributed by atoms with Crippen LogP contribution in [-0.2, 0) is 33.5 Å². The Balaban J connectivity index is 1.70. The molecule has 0 aromatic carbocycles. The van der Waals surface area contributed by atoms with Crippen LogP contribution in [0.15, 0.2) is 24.3 Å². The summed E-state index contributed by atoms with van der Waals surface area (Å²) in [5.74, 6) is 0. The van der Waals surface area contributed by atoms with Crippen LogP contribution in [0.3, 0.4) is 0 Å². The molecule has 2 N–H and O–H groups in total. The van der Waals surface area contributed by atoms with Gasteiger partial charge in [0.15, 0.2) is 0 Å². The standard InChI is InChI=1S/C19H35NO7/c1-2-26-27-9-5-8-21-10-11-22-12-13-23-14-15-24-16-17-25-19-7-4-3-6-18(19)20/h3-4,6-7,18-19H,2,5,8-17,20H2,1H3. The molecular formula is C19H35NO7. The van der Waals surface area contributed by atoms with Gasteiger partial charge >= 0.3 is 0 Å². The van der Waals surface area contributed by atoms with Crippen molar-refractivity contribution in [2.24, 2.45) is 5.73 Å². The third kappa shape index (κ3) is 14.8. The monoisotopic (exact) mass is 389 g/mol. The number of hydrogen-bond donors (Lipinski definition) is 1. The molecule has 0 saturated heterocycles. The largest absolute Gasteiger partial charge is 0.379 e. The first-order valence-electron chi connectivity index (χ1n) is 9.62. The van der Waals surface area contributed by atoms with Crippen molar-refractivity contribution in [3.63, 3.8) is 0 Å². The Morgan fingerprint density at radius 2 is 1.22 bits per heavy atom. The summed E-state index contributed by atoms with van der Waals surface area (Å²) in [5, 5.41) is 0. The summed E-state index contributed by atoms with van der Waals surface area (Å²) in [6.45, 7) is 7.90. The Morgan fingerprint density at radius 3 is 1.81 bits per heavy atom. The third-order valence-corrected chi connectivity index (χ3v) is 3.50. The van der Waals surface area contributed by atoms with E-state index >= 15 is 0 Å². The number of allylic oxidation sites excluding steroid dienone is 2. The molecule has 0 spiro atoms. The highest BCUT2D eigenvalue weighted by Crippen LogP contribution is 2.06. The topological polar surface area (TPSA) is 90.6 Å². The van der Waals surface area contributed by atoms with Crippen LogP contribution in [0.5, 0.6) is 0 Å². The van der Waals surface area contributed by atoms with Gasteiger partial charge in [-0.25, -0.2) is 9.78 Å². The van der Waals surface area contributed by atoms with Crippen LogP contribution in [0.25, 0.3) is 0 Å². The second-order valence-corrected chi connectivity index (χ2v) is 5.71. The van der Waals surface area contributed by atoms with Gasteiger partial charge in [0.2, 0.25) is 0 Å². The van der Waals surface area contributed by atoms with Crippen LogP contribution in [0.4, 0.5) is 0 Å². The first-order chi connectivity index (χ1) is 13.3. The molecule has 0 saturated carbocycles. The molecule has 2 unspecified atom stereocenters. The lowest BCUT2D eigenvalue weighted by Crippen LogP contribution is -2.35. The molecule has 1 rings (SSSR count). The van der Waals surface area contributed by atoms with Crippen LogP contribution in [-0.4, -0.2) is 84.8 Å². The molecule has 0 aliphatic heterocycles. The Kier molecular flexibility index (Phi) is 16.6. The summed E-state index contributed by atoms with van der Waals surface area (Å²) < 4.78 is 27.3. The molecule has 0 amide bonds. The summed E-state index contributed by atoms with van der Waals surface area (Å²) in [4.78, 5) is 9.64. The summed E-state index contributed by atoms with van der Waals surface area (Å²) >= 11 is 0. The summed E-state index contributed by atoms with van der Waals surface area (Å²) in [5.41, 5.74) is 5.90. The molecule has 2 atom stereocenters. The van der Waals surface area contributed by atoms with Crippen molar-refractivity contribution in [2.45, 2.75) is 25.5 Å². The van der Waals surface area contributed by atoms with E-state index in [2.05, 4.69) is 0 Å². The lowest BCUT2D eigenvalue weighted by molar-refractivity contribution is -0.292. The molecule has 0 bridgehead atoms. The molecule has 0 fully saturated rings. The highest BCUT2D eigenvalue weighted by Gasteiger charge is 2.14. The van der Waals surface area contributed by atoms with Crippen LogP contribution < -0.4 is 5.73 Å². The fourth-order valence-electron chi connectivity index (χ4n) is 2.14. The van der Waals surface area contributed by atoms with Crippen molar-refractivity contribution in [1.29, 1.82) is 0 Å². The molecule has 27 heavy (non-hydrogen) atoms. The minimum atomic E-state index is -0.0851. The van der Waals surface area contributed by atoms with E-state index in [0.29, 0.717) is 72.7 Å². The smallest absolute Gasteiger partial charge is 0.0946 e. The zero-order valence-electron chi connectivity index (χ0n) is 16.4. The number of hydrogen-bond acceptors (Lipinski definition) is 8. The van der Waals surface area contributed by atoms with Crippen molar-refractivity contribution in [3.05, 3.63) is 24.3 Å². The molecule has 8 nitrogen and oxygen atoms in total. The second kappa shape index (κ2) is 18.5. The maximum atomic E-state index is 5.90. The molecule has 0 aromatic rings. The van der Waals surface area contributed by atoms with E-state index in [-0.39, 0.29) is 12.1 Å². The lowest BCUT2D eigenvalue weighted by Gasteiger charge is -2.20. The Bertz CT molecular complexity index is 379. The Morgan fingerprint density at radius 1 is 0.667 bits per heavy atom. The van der Waals surface area contributed by atoms with Gasteiger partial charge in [0.1, 0.15) is 0 Å². The number of rotatable bonds is 19. The summed E-state index contributed by atoms with van der Waals surface area (Å²) in [6, 6.07) is -0.0851. The molecule has 0 heterocycles. The van der Waals surface area contributed by atoms with E-state index in [1.165, 1.54) is 0 Å². The van der Waals surface area contributed by atoms with Crippen molar-refractivity contribution >= 4 is 0 Å². The molecule has 8 heteroatoms. The van der Waals surface area contributed by atoms with Gasteiger partial charge in [0.25, 0.3) is 0 Å². The highest BCUT2D eigenvalue weighted by atomic mass is 17.2. The van der Waals surface area contributed by atoms with E-state index in [9.17, 15) is 0 Å². The van der Waals surface area contributed by atoms with Gasteiger partial charge in [-0.1, -0.05) is 24.3 Å². The van der Waals surface area contributed by atoms with Crippen LogP contribution in [0.1, 0.15) is 13.3 Å². The van der Waals surface area contributed by atoms with E-state index < -0.39 is 0 Å². The van der Waals surface area contributed by atoms with Crippen molar-refractivity contribution in [2.75, 3.05) is 72.7 Å². The minimum absolute atomic E-state index is 0.0700. The van der Waals surface area contributed by atoms with E-state index in [1.54, 1.807) is 0 Å². The molecule has 158 valence electrons. The Hall–Kier alpha value is -0.840. The predicted molar refractivity (Wildman–Crippen MR) is 101 cm³/mol. The first-order valence-corrected chi connectivity index (χ1v) is 9.62. The summed E-state index contributed by atoms with van der Waals surface area (Å²) in [7, 11) is 0. The van der Waals surface area contributed by atoms with Gasteiger partial charge in [-0.05, 0) is 13.3 Å². The maximum Gasteiger partial charge on any atom is 0.0946 e. The summed E-state index contributed by atoms with van der Waals surface area (Å²) in [6.07, 6.45) is 8.48. The average molecular weight is 389 g/mol. The van der Waals surface area contributed by atoms with Gasteiger partial charge in [-0.2, -0.15) is 0 Å². The highest BCUT2D eigenvalue weighted by molar-refractivity contribution is 5.17. The van der Waals surface area contributed by atoms with Crippen molar-refractivity contribution in [1.82, 2.24) is 0 Å². The zero-order valence-corrected chi connectivity index (χ0v) is 16.4. The van der Waals surface area contributed by atoms with Crippen molar-refractivity contribution < 1.29 is 33.5 Å². The van der Waals surface area contributed by atoms with Crippen LogP contribution in [0, 0.1) is 0 Å². The Labute approximate surface area is 162 Å².